The number of aromatic nitrogens is 2. The molecule has 33 heavy (non-hydrogen) atoms. The molecule has 2 aliphatic rings. The summed E-state index contributed by atoms with van der Waals surface area (Å²) in [6.07, 6.45) is 3.27. The number of ether oxygens (including phenoxy) is 2. The fraction of sp³-hybridized carbons (Fsp3) is 0.308. The zero-order valence-corrected chi connectivity index (χ0v) is 18.4. The molecule has 0 saturated carbocycles. The number of rotatable bonds is 6. The van der Waals surface area contributed by atoms with Crippen molar-refractivity contribution in [2.75, 3.05) is 0 Å². The average molecular weight is 444 g/mol. The Labute approximate surface area is 190 Å². The Balaban J connectivity index is 1.64. The molecule has 0 amide bonds. The van der Waals surface area contributed by atoms with Crippen molar-refractivity contribution in [3.8, 4) is 11.4 Å². The van der Waals surface area contributed by atoms with E-state index >= 15 is 0 Å². The molecule has 1 atom stereocenters. The van der Waals surface area contributed by atoms with E-state index in [2.05, 4.69) is 6.58 Å². The first kappa shape index (κ1) is 21.1. The Morgan fingerprint density at radius 3 is 2.91 bits per heavy atom. The first-order chi connectivity index (χ1) is 16.0. The summed E-state index contributed by atoms with van der Waals surface area (Å²) in [5.74, 6) is -1.16. The van der Waals surface area contributed by atoms with Gasteiger partial charge in [-0.3, -0.25) is 9.59 Å². The molecule has 0 radical (unpaired) electrons. The number of cyclic esters (lactones) is 1. The number of hydrogen-bond acceptors (Lipinski definition) is 6. The highest BCUT2D eigenvalue weighted by molar-refractivity contribution is 5.88. The van der Waals surface area contributed by atoms with Crippen LogP contribution in [0.1, 0.15) is 49.3 Å². The van der Waals surface area contributed by atoms with Gasteiger partial charge in [0.25, 0.3) is 5.56 Å². The molecular formula is C26H24N2O5. The maximum absolute atomic E-state index is 13.5. The summed E-state index contributed by atoms with van der Waals surface area (Å²) < 4.78 is 12.8. The predicted octanol–water partition coefficient (Wildman–Crippen LogP) is 3.99. The van der Waals surface area contributed by atoms with Gasteiger partial charge in [-0.1, -0.05) is 31.2 Å². The minimum Gasteiger partial charge on any atom is -0.457 e. The molecule has 7 heteroatoms. The Morgan fingerprint density at radius 2 is 2.12 bits per heavy atom. The zero-order valence-electron chi connectivity index (χ0n) is 18.4. The SMILES string of the molecule is C=CCCCC(=O)O[C@]1(CC)C(=O)OCc2c1cc1n(c2=O)Cc2cc3ccccc3nc2-1. The smallest absolute Gasteiger partial charge is 0.355 e. The molecule has 0 fully saturated rings. The monoisotopic (exact) mass is 444 g/mol. The van der Waals surface area contributed by atoms with Crippen LogP contribution in [0.25, 0.3) is 22.3 Å². The predicted molar refractivity (Wildman–Crippen MR) is 122 cm³/mol. The second-order valence-corrected chi connectivity index (χ2v) is 8.41. The average Bonchev–Trinajstić information content (AvgIpc) is 3.17. The molecule has 5 rings (SSSR count). The van der Waals surface area contributed by atoms with Crippen molar-refractivity contribution in [3.63, 3.8) is 0 Å². The highest BCUT2D eigenvalue weighted by Crippen LogP contribution is 2.41. The van der Waals surface area contributed by atoms with E-state index in [0.717, 1.165) is 16.5 Å². The molecule has 0 unspecified atom stereocenters. The third-order valence-corrected chi connectivity index (χ3v) is 6.46. The van der Waals surface area contributed by atoms with Crippen LogP contribution in [-0.2, 0) is 37.8 Å². The number of esters is 2. The second kappa shape index (κ2) is 7.99. The summed E-state index contributed by atoms with van der Waals surface area (Å²) >= 11 is 0. The highest BCUT2D eigenvalue weighted by Gasteiger charge is 2.50. The summed E-state index contributed by atoms with van der Waals surface area (Å²) in [5.41, 5.74) is 1.93. The number of carbonyl (C=O) groups excluding carboxylic acids is 2. The van der Waals surface area contributed by atoms with E-state index in [9.17, 15) is 14.4 Å². The fourth-order valence-corrected chi connectivity index (χ4v) is 4.72. The summed E-state index contributed by atoms with van der Waals surface area (Å²) in [6.45, 7) is 5.65. The Morgan fingerprint density at radius 1 is 1.30 bits per heavy atom. The largest absolute Gasteiger partial charge is 0.457 e. The molecule has 2 aromatic heterocycles. The lowest BCUT2D eigenvalue weighted by Crippen LogP contribution is -2.47. The third-order valence-electron chi connectivity index (χ3n) is 6.46. The van der Waals surface area contributed by atoms with Crippen molar-refractivity contribution in [1.29, 1.82) is 0 Å². The maximum Gasteiger partial charge on any atom is 0.355 e. The van der Waals surface area contributed by atoms with Crippen LogP contribution in [0.2, 0.25) is 0 Å². The van der Waals surface area contributed by atoms with Crippen molar-refractivity contribution < 1.29 is 19.1 Å². The molecule has 168 valence electrons. The fourth-order valence-electron chi connectivity index (χ4n) is 4.72. The Kier molecular flexibility index (Phi) is 5.12. The first-order valence-corrected chi connectivity index (χ1v) is 11.1. The van der Waals surface area contributed by atoms with Gasteiger partial charge in [0, 0.05) is 22.9 Å². The number of fused-ring (bicyclic) bond motifs is 5. The summed E-state index contributed by atoms with van der Waals surface area (Å²) in [6, 6.07) is 11.6. The van der Waals surface area contributed by atoms with Crippen LogP contribution in [0.15, 0.2) is 53.8 Å². The topological polar surface area (TPSA) is 87.5 Å². The van der Waals surface area contributed by atoms with Crippen LogP contribution < -0.4 is 5.56 Å². The van der Waals surface area contributed by atoms with Gasteiger partial charge in [-0.05, 0) is 37.5 Å². The number of hydrogen-bond donors (Lipinski definition) is 0. The minimum atomic E-state index is -1.65. The van der Waals surface area contributed by atoms with Gasteiger partial charge in [-0.25, -0.2) is 9.78 Å². The van der Waals surface area contributed by atoms with Gasteiger partial charge in [0.15, 0.2) is 0 Å². The number of pyridine rings is 2. The zero-order chi connectivity index (χ0) is 23.2. The van der Waals surface area contributed by atoms with Crippen molar-refractivity contribution in [3.05, 3.63) is 76.1 Å². The standard InChI is InChI=1S/C26H24N2O5/c1-3-5-6-11-22(29)33-26(4-2)19-13-21-23-17(12-16-9-7-8-10-20(16)27-23)14-28(21)24(30)18(19)15-32-25(26)31/h3,7-10,12-13H,1,4-6,11,14-15H2,2H3/t26-/m0/s1. The van der Waals surface area contributed by atoms with Gasteiger partial charge in [0.2, 0.25) is 5.60 Å². The van der Waals surface area contributed by atoms with Gasteiger partial charge < -0.3 is 14.0 Å². The molecule has 1 aromatic carbocycles. The van der Waals surface area contributed by atoms with E-state index in [1.807, 2.05) is 30.3 Å². The number of allylic oxidation sites excluding steroid dienone is 1. The van der Waals surface area contributed by atoms with Crippen LogP contribution in [0.4, 0.5) is 0 Å². The van der Waals surface area contributed by atoms with Crippen LogP contribution >= 0.6 is 0 Å². The van der Waals surface area contributed by atoms with Crippen LogP contribution in [0.3, 0.4) is 0 Å². The molecule has 3 aromatic rings. The number of carbonyl (C=O) groups is 2. The van der Waals surface area contributed by atoms with Crippen molar-refractivity contribution in [2.45, 2.75) is 51.4 Å². The second-order valence-electron chi connectivity index (χ2n) is 8.41. The van der Waals surface area contributed by atoms with Crippen molar-refractivity contribution in [1.82, 2.24) is 9.55 Å². The van der Waals surface area contributed by atoms with E-state index in [1.54, 1.807) is 23.6 Å². The van der Waals surface area contributed by atoms with Crippen molar-refractivity contribution in [2.24, 2.45) is 0 Å². The van der Waals surface area contributed by atoms with E-state index in [-0.39, 0.29) is 25.0 Å². The lowest BCUT2D eigenvalue weighted by atomic mass is 9.85. The van der Waals surface area contributed by atoms with E-state index in [1.165, 1.54) is 0 Å². The quantitative estimate of drug-likeness (QED) is 0.254. The van der Waals surface area contributed by atoms with Gasteiger partial charge in [-0.2, -0.15) is 0 Å². The van der Waals surface area contributed by atoms with Crippen LogP contribution in [0.5, 0.6) is 0 Å². The summed E-state index contributed by atoms with van der Waals surface area (Å²) in [4.78, 5) is 43.8. The minimum absolute atomic E-state index is 0.144. The molecule has 0 N–H and O–H groups in total. The molecule has 0 saturated heterocycles. The molecule has 0 bridgehead atoms. The maximum atomic E-state index is 13.5. The van der Waals surface area contributed by atoms with Gasteiger partial charge in [-0.15, -0.1) is 6.58 Å². The third kappa shape index (κ3) is 3.26. The molecule has 0 aliphatic carbocycles. The van der Waals surface area contributed by atoms with E-state index in [4.69, 9.17) is 14.5 Å². The lowest BCUT2D eigenvalue weighted by molar-refractivity contribution is -0.189. The van der Waals surface area contributed by atoms with Crippen LogP contribution in [-0.4, -0.2) is 21.5 Å². The highest BCUT2D eigenvalue weighted by atomic mass is 16.6. The summed E-state index contributed by atoms with van der Waals surface area (Å²) in [7, 11) is 0. The molecule has 7 nitrogen and oxygen atoms in total. The van der Waals surface area contributed by atoms with Crippen LogP contribution in [0, 0.1) is 0 Å². The Hall–Kier alpha value is -3.74. The normalized spacial score (nSPS) is 18.3. The molecule has 0 spiro atoms. The number of para-hydroxylation sites is 1. The van der Waals surface area contributed by atoms with E-state index in [0.29, 0.717) is 41.9 Å². The molecular weight excluding hydrogens is 420 g/mol. The molecule has 4 heterocycles. The number of nitrogens with zero attached hydrogens (tertiary/aromatic N) is 2. The van der Waals surface area contributed by atoms with Gasteiger partial charge in [0.05, 0.1) is 29.0 Å². The van der Waals surface area contributed by atoms with Gasteiger partial charge >= 0.3 is 11.9 Å². The van der Waals surface area contributed by atoms with Gasteiger partial charge in [0.1, 0.15) is 6.61 Å². The number of unbranched alkanes of at least 4 members (excludes halogenated alkanes) is 1. The summed E-state index contributed by atoms with van der Waals surface area (Å²) in [5, 5.41) is 0.997. The molecule has 2 aliphatic heterocycles. The Bertz CT molecular complexity index is 1370. The number of benzene rings is 1. The lowest BCUT2D eigenvalue weighted by Gasteiger charge is -2.35. The van der Waals surface area contributed by atoms with E-state index < -0.39 is 17.5 Å². The first-order valence-electron chi connectivity index (χ1n) is 11.1. The van der Waals surface area contributed by atoms with Crippen molar-refractivity contribution >= 4 is 22.8 Å².